The normalized spacial score (nSPS) is 17.2. The molecule has 62 heavy (non-hydrogen) atoms. The number of hydrogen-bond donors (Lipinski definition) is 5. The number of piperidine rings is 1. The number of fused-ring (bicyclic) bond motifs is 2. The van der Waals surface area contributed by atoms with Gasteiger partial charge in [0.25, 0.3) is 17.4 Å². The highest BCUT2D eigenvalue weighted by Gasteiger charge is 2.39. The van der Waals surface area contributed by atoms with Crippen molar-refractivity contribution < 1.29 is 23.6 Å². The molecule has 1 aliphatic carbocycles. The molecule has 0 radical (unpaired) electrons. The molecule has 1 saturated carbocycles. The van der Waals surface area contributed by atoms with E-state index in [4.69, 9.17) is 0 Å². The summed E-state index contributed by atoms with van der Waals surface area (Å²) < 4.78 is 19.2. The summed E-state index contributed by atoms with van der Waals surface area (Å²) in [7, 11) is 3.40. The third-order valence-corrected chi connectivity index (χ3v) is 11.3. The summed E-state index contributed by atoms with van der Waals surface area (Å²) in [6.07, 6.45) is 10.5. The zero-order valence-corrected chi connectivity index (χ0v) is 34.3. The molecule has 0 spiro atoms. The number of aromatic nitrogens is 7. The van der Waals surface area contributed by atoms with E-state index in [0.29, 0.717) is 35.4 Å². The maximum atomic E-state index is 13.7. The summed E-state index contributed by atoms with van der Waals surface area (Å²) in [6, 6.07) is 12.5. The fourth-order valence-corrected chi connectivity index (χ4v) is 7.93. The Hall–Kier alpha value is -7.18. The van der Waals surface area contributed by atoms with E-state index in [0.717, 1.165) is 56.0 Å². The van der Waals surface area contributed by atoms with Gasteiger partial charge < -0.3 is 21.3 Å². The Morgan fingerprint density at radius 2 is 1.73 bits per heavy atom. The molecule has 6 aromatic rings. The Kier molecular flexibility index (Phi) is 11.9. The number of aryl methyl sites for hydroxylation is 2. The smallest absolute Gasteiger partial charge is 0.329 e. The van der Waals surface area contributed by atoms with Gasteiger partial charge in [-0.1, -0.05) is 37.8 Å². The van der Waals surface area contributed by atoms with E-state index in [9.17, 15) is 33.2 Å². The SMILES string of the molecule is CNc1cc(Nc2cccn(-c3cc(C(=O)NCCCCCCCCc4cccc5c4n(C)c(=O)n5C4CCC(=O)NC4=O)ccn3)c2=O)nn2c(C(=O)N[C@@H]3C[C@@H]3F)cnc12. The van der Waals surface area contributed by atoms with Crippen molar-refractivity contribution >= 4 is 57.5 Å². The number of rotatable bonds is 17. The van der Waals surface area contributed by atoms with Crippen LogP contribution in [-0.2, 0) is 23.1 Å². The number of carbonyl (C=O) groups is 4. The molecular formula is C43H47FN12O6. The van der Waals surface area contributed by atoms with Gasteiger partial charge in [-0.25, -0.2) is 23.7 Å². The van der Waals surface area contributed by atoms with Gasteiger partial charge in [0.1, 0.15) is 23.7 Å². The molecular weight excluding hydrogens is 800 g/mol. The summed E-state index contributed by atoms with van der Waals surface area (Å²) in [5.41, 5.74) is 3.35. The minimum Gasteiger partial charge on any atom is -0.385 e. The molecule has 322 valence electrons. The molecule has 1 aromatic carbocycles. The first-order chi connectivity index (χ1) is 30.0. The molecule has 19 heteroatoms. The van der Waals surface area contributed by atoms with Crippen LogP contribution in [0.25, 0.3) is 22.5 Å². The molecule has 8 rings (SSSR count). The summed E-state index contributed by atoms with van der Waals surface area (Å²) in [5, 5.41) is 18.5. The van der Waals surface area contributed by atoms with Crippen molar-refractivity contribution in [2.45, 2.75) is 82.5 Å². The van der Waals surface area contributed by atoms with Crippen LogP contribution in [0.2, 0.25) is 0 Å². The number of halogens is 1. The quantitative estimate of drug-likeness (QED) is 0.0656. The Labute approximate surface area is 353 Å². The largest absolute Gasteiger partial charge is 0.385 e. The van der Waals surface area contributed by atoms with E-state index < -0.39 is 35.6 Å². The molecule has 5 aromatic heterocycles. The molecule has 0 bridgehead atoms. The van der Waals surface area contributed by atoms with Crippen LogP contribution in [0, 0.1) is 0 Å². The number of para-hydroxylation sites is 1. The van der Waals surface area contributed by atoms with Crippen molar-refractivity contribution in [3.8, 4) is 5.82 Å². The van der Waals surface area contributed by atoms with Crippen LogP contribution in [0.3, 0.4) is 0 Å². The highest BCUT2D eigenvalue weighted by atomic mass is 19.1. The van der Waals surface area contributed by atoms with Crippen LogP contribution in [0.5, 0.6) is 0 Å². The molecule has 3 atom stereocenters. The Morgan fingerprint density at radius 3 is 2.50 bits per heavy atom. The third-order valence-electron chi connectivity index (χ3n) is 11.3. The number of amides is 4. The molecule has 1 unspecified atom stereocenters. The Bertz CT molecular complexity index is 2830. The lowest BCUT2D eigenvalue weighted by molar-refractivity contribution is -0.135. The van der Waals surface area contributed by atoms with Crippen LogP contribution in [0.15, 0.2) is 76.7 Å². The number of nitrogens with one attached hydrogen (secondary N) is 5. The number of carbonyl (C=O) groups excluding carboxylic acids is 4. The first-order valence-electron chi connectivity index (χ1n) is 20.8. The summed E-state index contributed by atoms with van der Waals surface area (Å²) in [6.45, 7) is 0.485. The third kappa shape index (κ3) is 8.55. The number of hydrogen-bond acceptors (Lipinski definition) is 11. The number of imide groups is 1. The van der Waals surface area contributed by atoms with Crippen molar-refractivity contribution in [2.24, 2.45) is 7.05 Å². The summed E-state index contributed by atoms with van der Waals surface area (Å²) in [5.74, 6) is -1.08. The Morgan fingerprint density at radius 1 is 0.935 bits per heavy atom. The van der Waals surface area contributed by atoms with E-state index in [-0.39, 0.29) is 53.4 Å². The van der Waals surface area contributed by atoms with E-state index in [2.05, 4.69) is 41.7 Å². The number of alkyl halides is 1. The lowest BCUT2D eigenvalue weighted by Crippen LogP contribution is -2.44. The number of pyridine rings is 2. The molecule has 18 nitrogen and oxygen atoms in total. The first kappa shape index (κ1) is 41.5. The fourth-order valence-electron chi connectivity index (χ4n) is 7.93. The number of nitrogens with zero attached hydrogens (tertiary/aromatic N) is 7. The predicted molar refractivity (Wildman–Crippen MR) is 229 cm³/mol. The van der Waals surface area contributed by atoms with Crippen molar-refractivity contribution in [2.75, 3.05) is 24.2 Å². The highest BCUT2D eigenvalue weighted by molar-refractivity contribution is 6.00. The molecule has 4 amide bonds. The number of benzene rings is 1. The summed E-state index contributed by atoms with van der Waals surface area (Å²) in [4.78, 5) is 85.8. The molecule has 2 fully saturated rings. The minimum atomic E-state index is -1.07. The van der Waals surface area contributed by atoms with Gasteiger partial charge >= 0.3 is 5.69 Å². The maximum absolute atomic E-state index is 13.7. The second-order valence-electron chi connectivity index (χ2n) is 15.6. The lowest BCUT2D eigenvalue weighted by atomic mass is 10.0. The number of anilines is 3. The Balaban J connectivity index is 0.816. The van der Waals surface area contributed by atoms with Crippen molar-refractivity contribution in [3.63, 3.8) is 0 Å². The van der Waals surface area contributed by atoms with Crippen molar-refractivity contribution in [1.82, 2.24) is 49.2 Å². The van der Waals surface area contributed by atoms with E-state index in [1.165, 1.54) is 26.0 Å². The van der Waals surface area contributed by atoms with E-state index in [1.807, 2.05) is 18.2 Å². The second-order valence-corrected chi connectivity index (χ2v) is 15.6. The van der Waals surface area contributed by atoms with Gasteiger partial charge in [-0.3, -0.25) is 43.0 Å². The molecule has 6 heterocycles. The van der Waals surface area contributed by atoms with Gasteiger partial charge in [0.05, 0.1) is 29.0 Å². The zero-order valence-electron chi connectivity index (χ0n) is 34.3. The molecule has 2 aliphatic rings. The monoisotopic (exact) mass is 846 g/mol. The molecule has 5 N–H and O–H groups in total. The van der Waals surface area contributed by atoms with Crippen LogP contribution in [0.1, 0.15) is 90.2 Å². The minimum absolute atomic E-state index is 0.112. The van der Waals surface area contributed by atoms with Gasteiger partial charge in [0, 0.05) is 57.5 Å². The van der Waals surface area contributed by atoms with E-state index >= 15 is 0 Å². The highest BCUT2D eigenvalue weighted by Crippen LogP contribution is 2.28. The fraction of sp³-hybridized carbons (Fsp3) is 0.372. The van der Waals surface area contributed by atoms with Crippen LogP contribution >= 0.6 is 0 Å². The number of unbranched alkanes of at least 4 members (excludes halogenated alkanes) is 5. The van der Waals surface area contributed by atoms with Crippen LogP contribution in [-0.4, -0.2) is 82.7 Å². The topological polar surface area (TPSA) is 220 Å². The maximum Gasteiger partial charge on any atom is 0.329 e. The number of imidazole rings is 2. The van der Waals surface area contributed by atoms with Crippen LogP contribution < -0.4 is 37.8 Å². The van der Waals surface area contributed by atoms with Crippen LogP contribution in [0.4, 0.5) is 21.6 Å². The molecule has 1 saturated heterocycles. The average Bonchev–Trinajstić information content (AvgIpc) is 3.67. The first-order valence-corrected chi connectivity index (χ1v) is 20.8. The lowest BCUT2D eigenvalue weighted by Gasteiger charge is -2.21. The van der Waals surface area contributed by atoms with Gasteiger partial charge in [0.2, 0.25) is 11.8 Å². The molecule has 1 aliphatic heterocycles. The average molecular weight is 847 g/mol. The van der Waals surface area contributed by atoms with Gasteiger partial charge in [-0.15, -0.1) is 5.10 Å². The van der Waals surface area contributed by atoms with Crippen molar-refractivity contribution in [1.29, 1.82) is 0 Å². The van der Waals surface area contributed by atoms with Gasteiger partial charge in [-0.05, 0) is 61.6 Å². The van der Waals surface area contributed by atoms with E-state index in [1.54, 1.807) is 55.2 Å². The zero-order chi connectivity index (χ0) is 43.5. The standard InChI is InChI=1S/C43H47FN12O6/c1-45-30-23-34(52-56-33(24-48-38(30)56)41(60)50-29-22-27(29)44)49-28-13-10-20-54(42(28)61)35-21-26(17-19-46-35)39(58)47-18-8-6-4-3-5-7-11-25-12-9-14-31-37(25)53(2)43(62)55(31)32-15-16-36(57)51-40(32)59/h9-10,12-14,17,19-21,23-24,27,29,32,45H,3-8,11,15-16,18,22H2,1-2H3,(H,47,58)(H,49,52)(H,50,60)(H,51,57,59)/t27-,29+,32?/m0/s1. The van der Waals surface area contributed by atoms with Gasteiger partial charge in [0.15, 0.2) is 17.2 Å². The predicted octanol–water partition coefficient (Wildman–Crippen LogP) is 3.84. The summed E-state index contributed by atoms with van der Waals surface area (Å²) >= 11 is 0. The van der Waals surface area contributed by atoms with Crippen molar-refractivity contribution in [3.05, 3.63) is 105 Å². The van der Waals surface area contributed by atoms with Gasteiger partial charge in [-0.2, -0.15) is 0 Å². The second kappa shape index (κ2) is 17.8.